The van der Waals surface area contributed by atoms with Gasteiger partial charge in [0.25, 0.3) is 0 Å². The summed E-state index contributed by atoms with van der Waals surface area (Å²) in [7, 11) is -3.74. The summed E-state index contributed by atoms with van der Waals surface area (Å²) < 4.78 is 49.7. The van der Waals surface area contributed by atoms with Gasteiger partial charge in [-0.3, -0.25) is 0 Å². The van der Waals surface area contributed by atoms with E-state index in [0.29, 0.717) is 13.2 Å². The number of halogens is 2. The molecule has 24 heavy (non-hydrogen) atoms. The van der Waals surface area contributed by atoms with Crippen molar-refractivity contribution in [3.63, 3.8) is 0 Å². The molecule has 0 amide bonds. The molecule has 0 unspecified atom stereocenters. The Balaban J connectivity index is 2.09. The molecule has 0 spiro atoms. The summed E-state index contributed by atoms with van der Waals surface area (Å²) >= 11 is 5.91. The molecule has 1 atom stereocenters. The Labute approximate surface area is 144 Å². The van der Waals surface area contributed by atoms with Crippen molar-refractivity contribution in [2.75, 3.05) is 37.0 Å². The maximum absolute atomic E-state index is 14.0. The summed E-state index contributed by atoms with van der Waals surface area (Å²) in [6.07, 6.45) is 6.97. The number of sulfone groups is 1. The zero-order valence-electron chi connectivity index (χ0n) is 12.8. The van der Waals surface area contributed by atoms with Crippen molar-refractivity contribution in [1.29, 1.82) is 0 Å². The molecule has 0 N–H and O–H groups in total. The Morgan fingerprint density at radius 3 is 3.00 bits per heavy atom. The average Bonchev–Trinajstić information content (AvgIpc) is 3.04. The predicted molar refractivity (Wildman–Crippen MR) is 86.8 cm³/mol. The standard InChI is InChI=1S/C15H16ClFN2O4S/c1-2-6-23-15-12-13(11(16)14(17)18-15)24(20,21)8-5-19(12)9-10-4-3-7-22-10/h1,10H,3-9H2/t10-/m0/s1. The molecule has 0 bridgehead atoms. The highest BCUT2D eigenvalue weighted by atomic mass is 35.5. The number of pyridine rings is 1. The fourth-order valence-corrected chi connectivity index (χ4v) is 4.94. The lowest BCUT2D eigenvalue weighted by Crippen LogP contribution is -2.40. The first-order valence-corrected chi connectivity index (χ1v) is 9.51. The van der Waals surface area contributed by atoms with E-state index in [-0.39, 0.29) is 41.5 Å². The van der Waals surface area contributed by atoms with Gasteiger partial charge in [0.1, 0.15) is 15.6 Å². The highest BCUT2D eigenvalue weighted by molar-refractivity contribution is 7.91. The Kier molecular flexibility index (Phi) is 4.85. The van der Waals surface area contributed by atoms with Crippen LogP contribution in [0.15, 0.2) is 4.90 Å². The molecule has 6 nitrogen and oxygen atoms in total. The molecule has 1 fully saturated rings. The van der Waals surface area contributed by atoms with Crippen LogP contribution in [-0.4, -0.2) is 51.6 Å². The van der Waals surface area contributed by atoms with E-state index >= 15 is 0 Å². The second kappa shape index (κ2) is 6.75. The summed E-state index contributed by atoms with van der Waals surface area (Å²) in [5, 5.41) is -0.518. The zero-order chi connectivity index (χ0) is 17.3. The third kappa shape index (κ3) is 3.16. The van der Waals surface area contributed by atoms with Gasteiger partial charge in [-0.15, -0.1) is 6.42 Å². The van der Waals surface area contributed by atoms with Gasteiger partial charge in [0.05, 0.1) is 11.9 Å². The maximum Gasteiger partial charge on any atom is 0.242 e. The number of aromatic nitrogens is 1. The van der Waals surface area contributed by atoms with Crippen molar-refractivity contribution in [3.05, 3.63) is 11.0 Å². The van der Waals surface area contributed by atoms with Crippen LogP contribution in [0.4, 0.5) is 10.1 Å². The van der Waals surface area contributed by atoms with Crippen molar-refractivity contribution >= 4 is 27.1 Å². The van der Waals surface area contributed by atoms with Crippen LogP contribution in [0, 0.1) is 18.3 Å². The van der Waals surface area contributed by atoms with E-state index in [2.05, 4.69) is 10.9 Å². The molecule has 1 saturated heterocycles. The van der Waals surface area contributed by atoms with E-state index < -0.39 is 20.8 Å². The molecular formula is C15H16ClFN2O4S. The van der Waals surface area contributed by atoms with Gasteiger partial charge >= 0.3 is 0 Å². The molecule has 1 aromatic heterocycles. The molecule has 0 radical (unpaired) electrons. The molecule has 130 valence electrons. The molecule has 3 rings (SSSR count). The lowest BCUT2D eigenvalue weighted by molar-refractivity contribution is 0.115. The minimum Gasteiger partial charge on any atom is -0.463 e. The highest BCUT2D eigenvalue weighted by Crippen LogP contribution is 2.43. The number of terminal acetylenes is 1. The van der Waals surface area contributed by atoms with E-state index in [0.717, 1.165) is 12.8 Å². The van der Waals surface area contributed by atoms with Crippen LogP contribution < -0.4 is 9.64 Å². The van der Waals surface area contributed by atoms with Gasteiger partial charge in [-0.2, -0.15) is 9.37 Å². The first kappa shape index (κ1) is 17.3. The van der Waals surface area contributed by atoms with E-state index in [9.17, 15) is 12.8 Å². The SMILES string of the molecule is C#CCOc1nc(F)c(Cl)c2c1N(C[C@@H]1CCCO1)CCS2(=O)=O. The van der Waals surface area contributed by atoms with Crippen molar-refractivity contribution in [2.24, 2.45) is 0 Å². The second-order valence-corrected chi connectivity index (χ2v) is 8.02. The Morgan fingerprint density at radius 1 is 1.54 bits per heavy atom. The minimum atomic E-state index is -3.74. The molecule has 0 saturated carbocycles. The predicted octanol–water partition coefficient (Wildman–Crippen LogP) is 1.66. The Morgan fingerprint density at radius 2 is 2.33 bits per heavy atom. The number of fused-ring (bicyclic) bond motifs is 1. The van der Waals surface area contributed by atoms with Crippen LogP contribution in [0.2, 0.25) is 5.02 Å². The largest absolute Gasteiger partial charge is 0.463 e. The molecule has 9 heteroatoms. The van der Waals surface area contributed by atoms with Gasteiger partial charge in [-0.05, 0) is 12.8 Å². The molecule has 2 aliphatic heterocycles. The molecule has 3 heterocycles. The van der Waals surface area contributed by atoms with Gasteiger partial charge in [0, 0.05) is 19.7 Å². The maximum atomic E-state index is 14.0. The lowest BCUT2D eigenvalue weighted by Gasteiger charge is -2.33. The van der Waals surface area contributed by atoms with E-state index in [1.165, 1.54) is 0 Å². The number of hydrogen-bond donors (Lipinski definition) is 0. The fourth-order valence-electron chi connectivity index (χ4n) is 2.92. The number of hydrogen-bond acceptors (Lipinski definition) is 6. The van der Waals surface area contributed by atoms with Gasteiger partial charge < -0.3 is 14.4 Å². The topological polar surface area (TPSA) is 68.7 Å². The highest BCUT2D eigenvalue weighted by Gasteiger charge is 2.37. The van der Waals surface area contributed by atoms with Crippen LogP contribution in [0.5, 0.6) is 5.88 Å². The van der Waals surface area contributed by atoms with Gasteiger partial charge in [0.2, 0.25) is 11.8 Å². The van der Waals surface area contributed by atoms with Crippen molar-refractivity contribution in [2.45, 2.75) is 23.8 Å². The van der Waals surface area contributed by atoms with Gasteiger partial charge in [0.15, 0.2) is 16.4 Å². The second-order valence-electron chi connectivity index (χ2n) is 5.59. The number of anilines is 1. The molecule has 1 aromatic rings. The average molecular weight is 375 g/mol. The van der Waals surface area contributed by atoms with Crippen LogP contribution in [-0.2, 0) is 14.6 Å². The van der Waals surface area contributed by atoms with Gasteiger partial charge in [-0.1, -0.05) is 17.5 Å². The summed E-state index contributed by atoms with van der Waals surface area (Å²) in [5.41, 5.74) is 0.165. The Bertz CT molecular complexity index is 788. The number of nitrogens with zero attached hydrogens (tertiary/aromatic N) is 2. The van der Waals surface area contributed by atoms with Crippen molar-refractivity contribution < 1.29 is 22.3 Å². The van der Waals surface area contributed by atoms with Crippen molar-refractivity contribution in [1.82, 2.24) is 4.98 Å². The van der Waals surface area contributed by atoms with Crippen LogP contribution in [0.25, 0.3) is 0 Å². The monoisotopic (exact) mass is 374 g/mol. The van der Waals surface area contributed by atoms with Crippen LogP contribution in [0.1, 0.15) is 12.8 Å². The number of ether oxygens (including phenoxy) is 2. The van der Waals surface area contributed by atoms with E-state index in [4.69, 9.17) is 27.5 Å². The van der Waals surface area contributed by atoms with Crippen LogP contribution >= 0.6 is 11.6 Å². The fraction of sp³-hybridized carbons (Fsp3) is 0.533. The van der Waals surface area contributed by atoms with E-state index in [1.807, 2.05) is 0 Å². The smallest absolute Gasteiger partial charge is 0.242 e. The first-order valence-electron chi connectivity index (χ1n) is 7.48. The summed E-state index contributed by atoms with van der Waals surface area (Å²) in [6.45, 7) is 1.20. The third-order valence-electron chi connectivity index (χ3n) is 4.00. The molecule has 0 aliphatic carbocycles. The summed E-state index contributed by atoms with van der Waals surface area (Å²) in [6, 6.07) is 0. The summed E-state index contributed by atoms with van der Waals surface area (Å²) in [4.78, 5) is 5.14. The first-order chi connectivity index (χ1) is 11.4. The molecular weight excluding hydrogens is 359 g/mol. The quantitative estimate of drug-likeness (QED) is 0.589. The minimum absolute atomic E-state index is 0.0250. The lowest BCUT2D eigenvalue weighted by atomic mass is 10.2. The molecule has 0 aromatic carbocycles. The zero-order valence-corrected chi connectivity index (χ0v) is 14.4. The number of rotatable bonds is 4. The Hall–Kier alpha value is -1.56. The van der Waals surface area contributed by atoms with E-state index in [1.54, 1.807) is 4.90 Å². The summed E-state index contributed by atoms with van der Waals surface area (Å²) in [5.74, 6) is 0.840. The molecule has 2 aliphatic rings. The van der Waals surface area contributed by atoms with Gasteiger partial charge in [-0.25, -0.2) is 8.42 Å². The third-order valence-corrected chi connectivity index (χ3v) is 6.19. The van der Waals surface area contributed by atoms with Crippen LogP contribution in [0.3, 0.4) is 0 Å². The van der Waals surface area contributed by atoms with Crippen molar-refractivity contribution in [3.8, 4) is 18.2 Å². The normalized spacial score (nSPS) is 22.0.